The Labute approximate surface area is 254 Å². The van der Waals surface area contributed by atoms with Gasteiger partial charge in [-0.15, -0.1) is 0 Å². The number of rotatable bonds is 10. The molecular weight excluding hydrogens is 563 g/mol. The molecule has 2 aromatic carbocycles. The van der Waals surface area contributed by atoms with Crippen LogP contribution in [0.25, 0.3) is 11.0 Å². The van der Waals surface area contributed by atoms with Crippen LogP contribution in [0.1, 0.15) is 58.8 Å². The highest BCUT2D eigenvalue weighted by atomic mass is 19.1. The van der Waals surface area contributed by atoms with Gasteiger partial charge in [0, 0.05) is 31.4 Å². The van der Waals surface area contributed by atoms with Gasteiger partial charge in [0.2, 0.25) is 0 Å². The quantitative estimate of drug-likeness (QED) is 0.213. The van der Waals surface area contributed by atoms with Gasteiger partial charge in [0.25, 0.3) is 0 Å². The molecule has 0 bridgehead atoms. The number of likely N-dealkylation sites (tertiary alicyclic amines) is 1. The lowest BCUT2D eigenvalue weighted by molar-refractivity contribution is 0.0601. The van der Waals surface area contributed by atoms with Gasteiger partial charge >= 0.3 is 5.97 Å². The van der Waals surface area contributed by atoms with E-state index in [0.29, 0.717) is 30.0 Å². The van der Waals surface area contributed by atoms with E-state index in [1.165, 1.54) is 13.2 Å². The van der Waals surface area contributed by atoms with Crippen molar-refractivity contribution in [3.63, 3.8) is 0 Å². The SMILES string of the molecule is CCn1cncc1Cn1c(CN2CCC(n3cc(OCc4ccc(C#N)cc4F)cn3)CC2)nc2ccc(C(=O)OC)cc21. The van der Waals surface area contributed by atoms with E-state index in [9.17, 15) is 9.18 Å². The average molecular weight is 597 g/mol. The van der Waals surface area contributed by atoms with Gasteiger partial charge in [0.1, 0.15) is 18.2 Å². The first kappa shape index (κ1) is 29.1. The summed E-state index contributed by atoms with van der Waals surface area (Å²) in [6.07, 6.45) is 9.02. The maximum Gasteiger partial charge on any atom is 0.337 e. The van der Waals surface area contributed by atoms with Crippen LogP contribution in [0, 0.1) is 17.1 Å². The van der Waals surface area contributed by atoms with Gasteiger partial charge in [-0.3, -0.25) is 9.58 Å². The maximum atomic E-state index is 14.2. The molecule has 5 aromatic rings. The first-order chi connectivity index (χ1) is 21.4. The Kier molecular flexibility index (Phi) is 8.38. The third-order valence-corrected chi connectivity index (χ3v) is 8.16. The number of esters is 1. The van der Waals surface area contributed by atoms with Crippen LogP contribution in [0.3, 0.4) is 0 Å². The highest BCUT2D eigenvalue weighted by Gasteiger charge is 2.24. The fraction of sp³-hybridized carbons (Fsp3) is 0.344. The number of aryl methyl sites for hydroxylation is 1. The van der Waals surface area contributed by atoms with Gasteiger partial charge in [-0.25, -0.2) is 19.2 Å². The fourth-order valence-corrected chi connectivity index (χ4v) is 5.67. The number of benzene rings is 2. The lowest BCUT2D eigenvalue weighted by Gasteiger charge is -2.31. The number of carbonyl (C=O) groups excluding carboxylic acids is 1. The molecule has 226 valence electrons. The minimum atomic E-state index is -0.461. The molecule has 1 aliphatic heterocycles. The van der Waals surface area contributed by atoms with E-state index in [2.05, 4.69) is 31.0 Å². The molecule has 0 saturated carbocycles. The van der Waals surface area contributed by atoms with Crippen LogP contribution in [0.4, 0.5) is 4.39 Å². The first-order valence-electron chi connectivity index (χ1n) is 14.6. The van der Waals surface area contributed by atoms with Crippen LogP contribution in [0.15, 0.2) is 61.3 Å². The number of nitrogens with zero attached hydrogens (tertiary/aromatic N) is 8. The van der Waals surface area contributed by atoms with E-state index in [4.69, 9.17) is 19.7 Å². The average Bonchev–Trinajstić information content (AvgIpc) is 3.79. The molecule has 6 rings (SSSR count). The highest BCUT2D eigenvalue weighted by molar-refractivity contribution is 5.93. The van der Waals surface area contributed by atoms with Gasteiger partial charge in [0.15, 0.2) is 5.75 Å². The van der Waals surface area contributed by atoms with Crippen molar-refractivity contribution in [3.8, 4) is 11.8 Å². The second-order valence-corrected chi connectivity index (χ2v) is 10.9. The summed E-state index contributed by atoms with van der Waals surface area (Å²) in [5.74, 6) is 0.657. The van der Waals surface area contributed by atoms with E-state index in [1.54, 1.807) is 24.4 Å². The summed E-state index contributed by atoms with van der Waals surface area (Å²) in [6, 6.07) is 12.0. The Morgan fingerprint density at radius 2 is 1.98 bits per heavy atom. The van der Waals surface area contributed by atoms with Gasteiger partial charge in [-0.1, -0.05) is 6.07 Å². The predicted octanol–water partition coefficient (Wildman–Crippen LogP) is 4.71. The number of halogens is 1. The zero-order chi connectivity index (χ0) is 30.6. The van der Waals surface area contributed by atoms with Crippen LogP contribution in [0.2, 0.25) is 0 Å². The van der Waals surface area contributed by atoms with E-state index < -0.39 is 5.82 Å². The van der Waals surface area contributed by atoms with Gasteiger partial charge in [0.05, 0.1) is 78.9 Å². The zero-order valence-electron chi connectivity index (χ0n) is 24.7. The number of fused-ring (bicyclic) bond motifs is 1. The number of carbonyl (C=O) groups is 1. The van der Waals surface area contributed by atoms with Crippen LogP contribution in [-0.2, 0) is 31.0 Å². The molecule has 0 spiro atoms. The largest absolute Gasteiger partial charge is 0.486 e. The normalized spacial score (nSPS) is 14.1. The minimum absolute atomic E-state index is 0.0584. The topological polar surface area (TPSA) is 116 Å². The van der Waals surface area contributed by atoms with Crippen molar-refractivity contribution in [1.82, 2.24) is 33.8 Å². The molecule has 0 atom stereocenters. The molecule has 0 unspecified atom stereocenters. The van der Waals surface area contributed by atoms with E-state index in [0.717, 1.165) is 55.0 Å². The van der Waals surface area contributed by atoms with Crippen molar-refractivity contribution < 1.29 is 18.7 Å². The molecule has 44 heavy (non-hydrogen) atoms. The van der Waals surface area contributed by atoms with Gasteiger partial charge in [-0.2, -0.15) is 10.4 Å². The Hall–Kier alpha value is -5.02. The summed E-state index contributed by atoms with van der Waals surface area (Å²) in [5.41, 5.74) is 3.92. The number of hydrogen-bond acceptors (Lipinski definition) is 8. The molecule has 0 aliphatic carbocycles. The van der Waals surface area contributed by atoms with Crippen molar-refractivity contribution in [1.29, 1.82) is 5.26 Å². The van der Waals surface area contributed by atoms with E-state index >= 15 is 0 Å². The number of methoxy groups -OCH3 is 1. The molecule has 1 saturated heterocycles. The lowest BCUT2D eigenvalue weighted by atomic mass is 10.1. The summed E-state index contributed by atoms with van der Waals surface area (Å²) in [4.78, 5) is 24.0. The fourth-order valence-electron chi connectivity index (χ4n) is 5.67. The van der Waals surface area contributed by atoms with E-state index in [1.807, 2.05) is 41.6 Å². The third kappa shape index (κ3) is 6.05. The lowest BCUT2D eigenvalue weighted by Crippen LogP contribution is -2.35. The standard InChI is InChI=1S/C32H33FN8O3/c1-3-39-21-35-15-26(39)17-40-30-13-23(32(42)43-2)6-7-29(30)37-31(40)19-38-10-8-25(9-11-38)41-18-27(16-36-41)44-20-24-5-4-22(14-34)12-28(24)33/h4-7,12-13,15-16,18,21,25H,3,8-11,17,19-20H2,1-2H3. The van der Waals surface area contributed by atoms with Crippen LogP contribution < -0.4 is 4.74 Å². The maximum absolute atomic E-state index is 14.2. The number of piperidine rings is 1. The molecular formula is C32H33FN8O3. The second kappa shape index (κ2) is 12.7. The highest BCUT2D eigenvalue weighted by Crippen LogP contribution is 2.27. The van der Waals surface area contributed by atoms with Crippen LogP contribution in [0.5, 0.6) is 5.75 Å². The molecule has 1 fully saturated rings. The molecule has 12 heteroatoms. The number of imidazole rings is 2. The summed E-state index contributed by atoms with van der Waals surface area (Å²) >= 11 is 0. The molecule has 0 radical (unpaired) electrons. The number of ether oxygens (including phenoxy) is 2. The van der Waals surface area contributed by atoms with Crippen molar-refractivity contribution >= 4 is 17.0 Å². The summed E-state index contributed by atoms with van der Waals surface area (Å²) < 4.78 is 31.2. The molecule has 1 aliphatic rings. The Bertz CT molecular complexity index is 1830. The van der Waals surface area contributed by atoms with Gasteiger partial charge < -0.3 is 18.6 Å². The summed E-state index contributed by atoms with van der Waals surface area (Å²) in [7, 11) is 1.38. The molecule has 0 N–H and O–H groups in total. The first-order valence-corrected chi connectivity index (χ1v) is 14.6. The monoisotopic (exact) mass is 596 g/mol. The molecule has 3 aromatic heterocycles. The van der Waals surface area contributed by atoms with Crippen molar-refractivity contribution in [2.24, 2.45) is 0 Å². The van der Waals surface area contributed by atoms with Crippen molar-refractivity contribution in [2.75, 3.05) is 20.2 Å². The number of aromatic nitrogens is 6. The predicted molar refractivity (Wildman–Crippen MR) is 159 cm³/mol. The Morgan fingerprint density at radius 1 is 1.14 bits per heavy atom. The third-order valence-electron chi connectivity index (χ3n) is 8.16. The molecule has 0 amide bonds. The Balaban J connectivity index is 1.13. The zero-order valence-corrected chi connectivity index (χ0v) is 24.7. The van der Waals surface area contributed by atoms with Crippen molar-refractivity contribution in [3.05, 3.63) is 95.3 Å². The van der Waals surface area contributed by atoms with E-state index in [-0.39, 0.29) is 24.2 Å². The number of nitriles is 1. The van der Waals surface area contributed by atoms with Crippen LogP contribution in [-0.4, -0.2) is 60.0 Å². The molecule has 11 nitrogen and oxygen atoms in total. The van der Waals surface area contributed by atoms with Crippen molar-refractivity contribution in [2.45, 2.75) is 52.0 Å². The van der Waals surface area contributed by atoms with Gasteiger partial charge in [-0.05, 0) is 50.1 Å². The summed E-state index contributed by atoms with van der Waals surface area (Å²) in [5, 5.41) is 13.5. The number of hydrogen-bond donors (Lipinski definition) is 0. The van der Waals surface area contributed by atoms with Crippen LogP contribution >= 0.6 is 0 Å². The summed E-state index contributed by atoms with van der Waals surface area (Å²) in [6.45, 7) is 5.93. The second-order valence-electron chi connectivity index (χ2n) is 10.9. The minimum Gasteiger partial charge on any atom is -0.486 e. The Morgan fingerprint density at radius 3 is 2.73 bits per heavy atom. The molecule has 4 heterocycles. The smallest absolute Gasteiger partial charge is 0.337 e.